The Balaban J connectivity index is 1.52. The third-order valence-electron chi connectivity index (χ3n) is 4.76. The molecule has 2 aromatic rings. The average Bonchev–Trinajstić information content (AvgIpc) is 2.53. The molecule has 1 aromatic carbocycles. The lowest BCUT2D eigenvalue weighted by molar-refractivity contribution is 0.329. The number of hydrogen-bond acceptors (Lipinski definition) is 1. The summed E-state index contributed by atoms with van der Waals surface area (Å²) in [5, 5.41) is 2.66. The van der Waals surface area contributed by atoms with Crippen molar-refractivity contribution in [1.29, 1.82) is 0 Å². The first-order valence-electron chi connectivity index (χ1n) is 8.26. The maximum Gasteiger partial charge on any atom is 0.0481 e. The van der Waals surface area contributed by atoms with E-state index >= 15 is 0 Å². The van der Waals surface area contributed by atoms with Crippen molar-refractivity contribution >= 4 is 10.8 Å². The lowest BCUT2D eigenvalue weighted by Crippen LogP contribution is -2.06. The molecule has 1 fully saturated rings. The van der Waals surface area contributed by atoms with E-state index in [1.54, 1.807) is 0 Å². The normalized spacial score (nSPS) is 16.6. The van der Waals surface area contributed by atoms with Gasteiger partial charge in [0.05, 0.1) is 0 Å². The van der Waals surface area contributed by atoms with E-state index in [2.05, 4.69) is 35.3 Å². The highest BCUT2D eigenvalue weighted by Crippen LogP contribution is 2.28. The summed E-state index contributed by atoms with van der Waals surface area (Å²) < 4.78 is 0. The molecule has 1 aliphatic carbocycles. The molecule has 0 amide bonds. The molecule has 0 spiro atoms. The van der Waals surface area contributed by atoms with Crippen molar-refractivity contribution in [1.82, 2.24) is 4.98 Å². The molecule has 0 atom stereocenters. The fraction of sp³-hybridized carbons (Fsp3) is 0.526. The highest BCUT2D eigenvalue weighted by molar-refractivity contribution is 5.84. The van der Waals surface area contributed by atoms with Crippen molar-refractivity contribution in [3.05, 3.63) is 42.2 Å². The van der Waals surface area contributed by atoms with Crippen molar-refractivity contribution in [3.63, 3.8) is 0 Å². The number of rotatable bonds is 5. The molecule has 1 aliphatic rings. The van der Waals surface area contributed by atoms with Crippen LogP contribution in [0.5, 0.6) is 0 Å². The first-order chi connectivity index (χ1) is 9.93. The van der Waals surface area contributed by atoms with Crippen LogP contribution in [0.25, 0.3) is 10.8 Å². The Bertz CT molecular complexity index is 535. The third-order valence-corrected chi connectivity index (χ3v) is 4.76. The van der Waals surface area contributed by atoms with E-state index in [4.69, 9.17) is 0 Å². The Kier molecular flexibility index (Phi) is 4.68. The predicted molar refractivity (Wildman–Crippen MR) is 85.9 cm³/mol. The van der Waals surface area contributed by atoms with Crippen molar-refractivity contribution in [2.45, 2.75) is 57.8 Å². The predicted octanol–water partition coefficient (Wildman–Crippen LogP) is 5.53. The molecule has 1 heterocycles. The topological polar surface area (TPSA) is 12.9 Å². The van der Waals surface area contributed by atoms with Gasteiger partial charge in [-0.25, -0.2) is 0 Å². The maximum atomic E-state index is 4.59. The van der Waals surface area contributed by atoms with E-state index in [9.17, 15) is 0 Å². The molecule has 0 unspecified atom stereocenters. The standard InChI is InChI=1S/C19H25N/c1-2-8-16(9-3-1)10-4-7-13-19-18-12-6-5-11-17(18)14-15-20-19/h5-6,11-12,14-16H,1-4,7-10,13H2. The zero-order chi connectivity index (χ0) is 13.6. The SMILES string of the molecule is c1ccc2c(CCCCC3CCCCC3)nccc2c1. The number of pyridine rings is 1. The second kappa shape index (κ2) is 6.88. The van der Waals surface area contributed by atoms with Gasteiger partial charge in [0, 0.05) is 17.3 Å². The summed E-state index contributed by atoms with van der Waals surface area (Å²) in [6.07, 6.45) is 14.5. The van der Waals surface area contributed by atoms with Gasteiger partial charge in [0.15, 0.2) is 0 Å². The molecule has 1 aromatic heterocycles. The van der Waals surface area contributed by atoms with Gasteiger partial charge in [0.25, 0.3) is 0 Å². The zero-order valence-corrected chi connectivity index (χ0v) is 12.4. The summed E-state index contributed by atoms with van der Waals surface area (Å²) >= 11 is 0. The molecular formula is C19H25N. The highest BCUT2D eigenvalue weighted by atomic mass is 14.7. The van der Waals surface area contributed by atoms with Crippen LogP contribution in [0.2, 0.25) is 0 Å². The summed E-state index contributed by atoms with van der Waals surface area (Å²) in [4.78, 5) is 4.59. The molecule has 1 saturated carbocycles. The number of benzene rings is 1. The quantitative estimate of drug-likeness (QED) is 0.649. The van der Waals surface area contributed by atoms with Gasteiger partial charge >= 0.3 is 0 Å². The summed E-state index contributed by atoms with van der Waals surface area (Å²) in [6.45, 7) is 0. The third kappa shape index (κ3) is 3.39. The summed E-state index contributed by atoms with van der Waals surface area (Å²) in [5.41, 5.74) is 1.28. The molecule has 0 N–H and O–H groups in total. The van der Waals surface area contributed by atoms with Crippen LogP contribution >= 0.6 is 0 Å². The maximum absolute atomic E-state index is 4.59. The summed E-state index contributed by atoms with van der Waals surface area (Å²) in [6, 6.07) is 10.7. The Hall–Kier alpha value is -1.37. The van der Waals surface area contributed by atoms with Crippen LogP contribution in [0, 0.1) is 5.92 Å². The van der Waals surface area contributed by atoms with E-state index in [-0.39, 0.29) is 0 Å². The second-order valence-electron chi connectivity index (χ2n) is 6.23. The first-order valence-corrected chi connectivity index (χ1v) is 8.26. The van der Waals surface area contributed by atoms with Gasteiger partial charge in [-0.15, -0.1) is 0 Å². The fourth-order valence-electron chi connectivity index (χ4n) is 3.58. The first kappa shape index (κ1) is 13.6. The van der Waals surface area contributed by atoms with Gasteiger partial charge in [-0.2, -0.15) is 0 Å². The van der Waals surface area contributed by atoms with Crippen LogP contribution in [-0.4, -0.2) is 4.98 Å². The van der Waals surface area contributed by atoms with Gasteiger partial charge in [0.2, 0.25) is 0 Å². The molecule has 0 radical (unpaired) electrons. The minimum Gasteiger partial charge on any atom is -0.261 e. The molecule has 0 bridgehead atoms. The van der Waals surface area contributed by atoms with Crippen LogP contribution < -0.4 is 0 Å². The van der Waals surface area contributed by atoms with Gasteiger partial charge in [-0.05, 0) is 30.2 Å². The Morgan fingerprint density at radius 3 is 2.70 bits per heavy atom. The minimum atomic E-state index is 1.02. The van der Waals surface area contributed by atoms with E-state index in [0.717, 1.165) is 12.3 Å². The smallest absolute Gasteiger partial charge is 0.0481 e. The van der Waals surface area contributed by atoms with Crippen molar-refractivity contribution < 1.29 is 0 Å². The molecule has 3 rings (SSSR count). The summed E-state index contributed by atoms with van der Waals surface area (Å²) in [7, 11) is 0. The highest BCUT2D eigenvalue weighted by Gasteiger charge is 2.12. The lowest BCUT2D eigenvalue weighted by Gasteiger charge is -2.21. The number of aryl methyl sites for hydroxylation is 1. The Morgan fingerprint density at radius 2 is 1.80 bits per heavy atom. The van der Waals surface area contributed by atoms with Gasteiger partial charge in [0.1, 0.15) is 0 Å². The van der Waals surface area contributed by atoms with Crippen LogP contribution in [0.3, 0.4) is 0 Å². The molecule has 1 nitrogen and oxygen atoms in total. The second-order valence-corrected chi connectivity index (χ2v) is 6.23. The number of fused-ring (bicyclic) bond motifs is 1. The summed E-state index contributed by atoms with van der Waals surface area (Å²) in [5.74, 6) is 1.02. The molecule has 0 saturated heterocycles. The molecule has 20 heavy (non-hydrogen) atoms. The Morgan fingerprint density at radius 1 is 0.950 bits per heavy atom. The van der Waals surface area contributed by atoms with Crippen molar-refractivity contribution in [3.8, 4) is 0 Å². The number of aromatic nitrogens is 1. The van der Waals surface area contributed by atoms with Crippen LogP contribution in [-0.2, 0) is 6.42 Å². The molecule has 1 heteroatoms. The number of hydrogen-bond donors (Lipinski definition) is 0. The van der Waals surface area contributed by atoms with E-state index in [0.29, 0.717) is 0 Å². The van der Waals surface area contributed by atoms with E-state index in [1.165, 1.54) is 67.8 Å². The van der Waals surface area contributed by atoms with Gasteiger partial charge < -0.3 is 0 Å². The van der Waals surface area contributed by atoms with Gasteiger partial charge in [-0.1, -0.05) is 69.2 Å². The average molecular weight is 267 g/mol. The zero-order valence-electron chi connectivity index (χ0n) is 12.4. The van der Waals surface area contributed by atoms with Gasteiger partial charge in [-0.3, -0.25) is 4.98 Å². The van der Waals surface area contributed by atoms with E-state index in [1.807, 2.05) is 6.20 Å². The van der Waals surface area contributed by atoms with Crippen molar-refractivity contribution in [2.24, 2.45) is 5.92 Å². The molecule has 0 aliphatic heterocycles. The van der Waals surface area contributed by atoms with Crippen LogP contribution in [0.15, 0.2) is 36.5 Å². The van der Waals surface area contributed by atoms with Crippen LogP contribution in [0.4, 0.5) is 0 Å². The van der Waals surface area contributed by atoms with Crippen molar-refractivity contribution in [2.75, 3.05) is 0 Å². The largest absolute Gasteiger partial charge is 0.261 e. The minimum absolute atomic E-state index is 1.02. The van der Waals surface area contributed by atoms with Crippen LogP contribution in [0.1, 0.15) is 57.1 Å². The van der Waals surface area contributed by atoms with E-state index < -0.39 is 0 Å². The molecular weight excluding hydrogens is 242 g/mol. The molecule has 106 valence electrons. The Labute approximate surface area is 122 Å². The number of unbranched alkanes of at least 4 members (excludes halogenated alkanes) is 1. The monoisotopic (exact) mass is 267 g/mol. The number of nitrogens with zero attached hydrogens (tertiary/aromatic N) is 1. The fourth-order valence-corrected chi connectivity index (χ4v) is 3.58. The lowest BCUT2D eigenvalue weighted by atomic mass is 9.85.